The molecule has 170 valence electrons. The van der Waals surface area contributed by atoms with Crippen LogP contribution in [0.2, 0.25) is 0 Å². The van der Waals surface area contributed by atoms with Crippen molar-refractivity contribution in [2.24, 2.45) is 0 Å². The van der Waals surface area contributed by atoms with Gasteiger partial charge >= 0.3 is 0 Å². The number of nitrogens with one attached hydrogen (secondary N) is 1. The van der Waals surface area contributed by atoms with E-state index in [4.69, 9.17) is 9.47 Å². The van der Waals surface area contributed by atoms with E-state index in [9.17, 15) is 13.2 Å². The van der Waals surface area contributed by atoms with Crippen molar-refractivity contribution in [3.05, 3.63) is 17.8 Å². The summed E-state index contributed by atoms with van der Waals surface area (Å²) >= 11 is 0. The van der Waals surface area contributed by atoms with Crippen molar-refractivity contribution >= 4 is 15.9 Å². The smallest absolute Gasteiger partial charge is 0.260 e. The van der Waals surface area contributed by atoms with Crippen LogP contribution in [-0.4, -0.2) is 72.6 Å². The highest BCUT2D eigenvalue weighted by Gasteiger charge is 2.42. The number of hydrogen-bond donors (Lipinski definition) is 1. The number of carbonyl (C=O) groups excluding carboxylic acids is 1. The van der Waals surface area contributed by atoms with Gasteiger partial charge in [-0.05, 0) is 63.4 Å². The standard InChI is InChI=1S/C21H30N4O5S/c26-20-13-30-21-17(9-10-22-23-21)14-3-5-15(6-4-14)29-12-19-18(2-1-11-25(19)20)24-31(27,28)16-7-8-16/h9-10,14-16,18-19,24H,1-8,11-13H2/t14?,15?,18-,19?/m0/s1. The minimum absolute atomic E-state index is 0.121. The second-order valence-electron chi connectivity index (χ2n) is 9.15. The van der Waals surface area contributed by atoms with E-state index < -0.39 is 10.0 Å². The lowest BCUT2D eigenvalue weighted by Gasteiger charge is -2.42. The first kappa shape index (κ1) is 21.1. The Balaban J connectivity index is 1.40. The van der Waals surface area contributed by atoms with Gasteiger partial charge in [0.15, 0.2) is 6.61 Å². The lowest BCUT2D eigenvalue weighted by Crippen LogP contribution is -2.60. The number of ether oxygens (including phenoxy) is 2. The summed E-state index contributed by atoms with van der Waals surface area (Å²) in [6, 6.07) is 1.26. The molecule has 1 amide bonds. The van der Waals surface area contributed by atoms with Gasteiger partial charge in [-0.1, -0.05) is 0 Å². The van der Waals surface area contributed by atoms with Crippen LogP contribution >= 0.6 is 0 Å². The molecule has 2 atom stereocenters. The number of amides is 1. The first-order valence-electron chi connectivity index (χ1n) is 11.4. The average Bonchev–Trinajstić information content (AvgIpc) is 3.63. The fourth-order valence-corrected chi connectivity index (χ4v) is 6.78. The van der Waals surface area contributed by atoms with E-state index in [1.807, 2.05) is 6.07 Å². The normalized spacial score (nSPS) is 32.1. The van der Waals surface area contributed by atoms with Crippen LogP contribution < -0.4 is 9.46 Å². The second-order valence-corrected chi connectivity index (χ2v) is 11.1. The molecule has 10 heteroatoms. The van der Waals surface area contributed by atoms with E-state index in [1.54, 1.807) is 11.1 Å². The molecule has 6 rings (SSSR count). The van der Waals surface area contributed by atoms with Crippen LogP contribution in [0, 0.1) is 0 Å². The molecule has 2 saturated carbocycles. The van der Waals surface area contributed by atoms with Gasteiger partial charge in [0.2, 0.25) is 15.9 Å². The number of fused-ring (bicyclic) bond motifs is 5. The zero-order valence-electron chi connectivity index (χ0n) is 17.6. The van der Waals surface area contributed by atoms with Crippen LogP contribution in [0.1, 0.15) is 62.8 Å². The molecule has 4 heterocycles. The number of aromatic nitrogens is 2. The molecule has 0 spiro atoms. The monoisotopic (exact) mass is 450 g/mol. The van der Waals surface area contributed by atoms with Gasteiger partial charge in [0, 0.05) is 18.2 Å². The zero-order valence-corrected chi connectivity index (χ0v) is 18.4. The Morgan fingerprint density at radius 2 is 1.90 bits per heavy atom. The highest BCUT2D eigenvalue weighted by molar-refractivity contribution is 7.90. The van der Waals surface area contributed by atoms with E-state index >= 15 is 0 Å². The van der Waals surface area contributed by atoms with Crippen molar-refractivity contribution in [1.82, 2.24) is 19.8 Å². The van der Waals surface area contributed by atoms with Crippen LogP contribution in [0.15, 0.2) is 12.3 Å². The van der Waals surface area contributed by atoms with E-state index in [2.05, 4.69) is 14.9 Å². The van der Waals surface area contributed by atoms with Crippen LogP contribution in [0.25, 0.3) is 0 Å². The fourth-order valence-electron chi connectivity index (χ4n) is 5.14. The topological polar surface area (TPSA) is 111 Å². The lowest BCUT2D eigenvalue weighted by molar-refractivity contribution is -0.140. The number of carbonyl (C=O) groups is 1. The van der Waals surface area contributed by atoms with Gasteiger partial charge in [-0.2, -0.15) is 5.10 Å². The molecule has 1 aromatic rings. The summed E-state index contributed by atoms with van der Waals surface area (Å²) < 4.78 is 40.2. The number of hydrogen-bond acceptors (Lipinski definition) is 7. The highest BCUT2D eigenvalue weighted by Crippen LogP contribution is 2.38. The largest absolute Gasteiger partial charge is 0.466 e. The summed E-state index contributed by atoms with van der Waals surface area (Å²) in [5.74, 6) is 0.577. The average molecular weight is 451 g/mol. The summed E-state index contributed by atoms with van der Waals surface area (Å²) in [7, 11) is -3.36. The minimum Gasteiger partial charge on any atom is -0.466 e. The van der Waals surface area contributed by atoms with Crippen molar-refractivity contribution in [3.63, 3.8) is 0 Å². The Morgan fingerprint density at radius 1 is 1.10 bits per heavy atom. The molecule has 5 aliphatic rings. The third-order valence-electron chi connectivity index (χ3n) is 7.04. The van der Waals surface area contributed by atoms with Crippen molar-refractivity contribution in [3.8, 4) is 5.88 Å². The van der Waals surface area contributed by atoms with E-state index in [-0.39, 0.29) is 36.0 Å². The molecule has 0 aromatic carbocycles. The highest BCUT2D eigenvalue weighted by atomic mass is 32.2. The summed E-state index contributed by atoms with van der Waals surface area (Å²) in [6.45, 7) is 0.768. The summed E-state index contributed by atoms with van der Waals surface area (Å²) in [5, 5.41) is 7.81. The van der Waals surface area contributed by atoms with E-state index in [0.29, 0.717) is 44.2 Å². The summed E-state index contributed by atoms with van der Waals surface area (Å²) in [6.07, 6.45) is 8.43. The number of nitrogens with zero attached hydrogens (tertiary/aromatic N) is 3. The zero-order chi connectivity index (χ0) is 21.4. The lowest BCUT2D eigenvalue weighted by atomic mass is 9.83. The Hall–Kier alpha value is -1.78. The van der Waals surface area contributed by atoms with Crippen LogP contribution in [0.5, 0.6) is 5.88 Å². The molecule has 2 aliphatic carbocycles. The molecule has 9 nitrogen and oxygen atoms in total. The fraction of sp³-hybridized carbons (Fsp3) is 0.762. The van der Waals surface area contributed by atoms with Gasteiger partial charge in [-0.15, -0.1) is 5.10 Å². The molecule has 1 N–H and O–H groups in total. The SMILES string of the molecule is O=C1COc2nnccc2C2CCC(CC2)OCC2[C@@H](NS(=O)(=O)C3CC3)CCCN12. The second kappa shape index (κ2) is 8.63. The van der Waals surface area contributed by atoms with Crippen LogP contribution in [0.3, 0.4) is 0 Å². The minimum atomic E-state index is -3.36. The van der Waals surface area contributed by atoms with Crippen LogP contribution in [0.4, 0.5) is 0 Å². The van der Waals surface area contributed by atoms with E-state index in [1.165, 1.54) is 0 Å². The van der Waals surface area contributed by atoms with Crippen molar-refractivity contribution < 1.29 is 22.7 Å². The first-order valence-corrected chi connectivity index (χ1v) is 12.9. The third-order valence-corrected chi connectivity index (χ3v) is 9.02. The van der Waals surface area contributed by atoms with Crippen molar-refractivity contribution in [2.75, 3.05) is 19.8 Å². The van der Waals surface area contributed by atoms with Gasteiger partial charge in [0.05, 0.1) is 30.2 Å². The maximum Gasteiger partial charge on any atom is 0.260 e. The predicted octanol–water partition coefficient (Wildman–Crippen LogP) is 1.35. The Kier molecular flexibility index (Phi) is 5.87. The molecule has 1 unspecified atom stereocenters. The number of sulfonamides is 1. The molecule has 3 fully saturated rings. The Labute approximate surface area is 182 Å². The summed E-state index contributed by atoms with van der Waals surface area (Å²) in [5.41, 5.74) is 1.01. The number of piperidine rings is 1. The van der Waals surface area contributed by atoms with Crippen molar-refractivity contribution in [2.45, 2.75) is 80.7 Å². The number of rotatable bonds is 3. The van der Waals surface area contributed by atoms with Gasteiger partial charge in [-0.3, -0.25) is 4.79 Å². The molecule has 2 bridgehead atoms. The van der Waals surface area contributed by atoms with E-state index in [0.717, 1.165) is 37.7 Å². The van der Waals surface area contributed by atoms with Gasteiger partial charge in [-0.25, -0.2) is 13.1 Å². The molecule has 0 radical (unpaired) electrons. The molecular weight excluding hydrogens is 420 g/mol. The molecule has 1 saturated heterocycles. The molecular formula is C21H30N4O5S. The molecule has 31 heavy (non-hydrogen) atoms. The quantitative estimate of drug-likeness (QED) is 0.740. The Morgan fingerprint density at radius 3 is 2.68 bits per heavy atom. The molecule has 3 aliphatic heterocycles. The maximum absolute atomic E-state index is 13.1. The van der Waals surface area contributed by atoms with Gasteiger partial charge < -0.3 is 14.4 Å². The van der Waals surface area contributed by atoms with Gasteiger partial charge in [0.25, 0.3) is 5.91 Å². The van der Waals surface area contributed by atoms with Gasteiger partial charge in [0.1, 0.15) is 0 Å². The first-order chi connectivity index (χ1) is 15.0. The summed E-state index contributed by atoms with van der Waals surface area (Å²) in [4.78, 5) is 14.9. The maximum atomic E-state index is 13.1. The molecule has 1 aromatic heterocycles. The van der Waals surface area contributed by atoms with Crippen LogP contribution in [-0.2, 0) is 19.6 Å². The third kappa shape index (κ3) is 4.56. The Bertz CT molecular complexity index is 914. The van der Waals surface area contributed by atoms with Crippen molar-refractivity contribution in [1.29, 1.82) is 0 Å². The predicted molar refractivity (Wildman–Crippen MR) is 112 cm³/mol.